The number of nitrogens with zero attached hydrogens (tertiary/aromatic N) is 3. The van der Waals surface area contributed by atoms with Crippen molar-refractivity contribution < 1.29 is 5.11 Å². The summed E-state index contributed by atoms with van der Waals surface area (Å²) >= 11 is 3.39. The molecule has 0 amide bonds. The van der Waals surface area contributed by atoms with Crippen LogP contribution in [0.15, 0.2) is 16.7 Å². The molecule has 0 spiro atoms. The monoisotopic (exact) mass is 297 g/mol. The zero-order valence-electron chi connectivity index (χ0n) is 10.2. The lowest BCUT2D eigenvalue weighted by atomic mass is 9.96. The van der Waals surface area contributed by atoms with E-state index in [4.69, 9.17) is 5.11 Å². The van der Waals surface area contributed by atoms with Gasteiger partial charge in [-0.25, -0.2) is 9.97 Å². The normalized spacial score (nSPS) is 12.3. The first-order valence-corrected chi connectivity index (χ1v) is 6.36. The quantitative estimate of drug-likeness (QED) is 0.926. The molecule has 0 saturated carbocycles. The van der Waals surface area contributed by atoms with Crippen LogP contribution < -0.4 is 0 Å². The van der Waals surface area contributed by atoms with Gasteiger partial charge in [-0.05, 0) is 22.0 Å². The van der Waals surface area contributed by atoms with Crippen LogP contribution in [0, 0.1) is 0 Å². The molecular weight excluding hydrogens is 282 g/mol. The Bertz CT molecular complexity index is 542. The Kier molecular flexibility index (Phi) is 3.23. The zero-order valence-corrected chi connectivity index (χ0v) is 11.8. The number of aliphatic hydroxyl groups is 1. The van der Waals surface area contributed by atoms with Crippen molar-refractivity contribution in [3.63, 3.8) is 0 Å². The summed E-state index contributed by atoms with van der Waals surface area (Å²) in [7, 11) is 0. The van der Waals surface area contributed by atoms with E-state index in [1.807, 2.05) is 10.6 Å². The van der Waals surface area contributed by atoms with Crippen LogP contribution in [0.25, 0.3) is 11.2 Å². The molecule has 0 bridgehead atoms. The fraction of sp³-hybridized carbons (Fsp3) is 0.500. The summed E-state index contributed by atoms with van der Waals surface area (Å²) in [6.07, 6.45) is 1.75. The second kappa shape index (κ2) is 4.38. The number of fused-ring (bicyclic) bond motifs is 1. The van der Waals surface area contributed by atoms with Crippen LogP contribution in [-0.2, 0) is 12.0 Å². The van der Waals surface area contributed by atoms with E-state index in [9.17, 15) is 0 Å². The van der Waals surface area contributed by atoms with Gasteiger partial charge in [0, 0.05) is 22.6 Å². The zero-order chi connectivity index (χ0) is 12.6. The fourth-order valence-corrected chi connectivity index (χ4v) is 2.19. The lowest BCUT2D eigenvalue weighted by Gasteiger charge is -2.19. The number of aliphatic hydroxyl groups excluding tert-OH is 1. The van der Waals surface area contributed by atoms with Crippen molar-refractivity contribution in [2.75, 3.05) is 6.61 Å². The molecule has 0 aliphatic heterocycles. The maximum absolute atomic E-state index is 9.16. The number of hydrogen-bond donors (Lipinski definition) is 1. The predicted molar refractivity (Wildman–Crippen MR) is 71.0 cm³/mol. The first-order chi connectivity index (χ1) is 7.93. The molecule has 0 atom stereocenters. The van der Waals surface area contributed by atoms with Crippen LogP contribution in [0.2, 0.25) is 0 Å². The standard InChI is InChI=1S/C12H16BrN3O/c1-12(2,3)11-15-9-6-8(13)7-14-10(9)16(11)4-5-17/h6-7,17H,4-5H2,1-3H3. The van der Waals surface area contributed by atoms with Crippen molar-refractivity contribution in [3.8, 4) is 0 Å². The maximum Gasteiger partial charge on any atom is 0.160 e. The number of rotatable bonds is 2. The largest absolute Gasteiger partial charge is 0.395 e. The summed E-state index contributed by atoms with van der Waals surface area (Å²) in [5.41, 5.74) is 1.62. The van der Waals surface area contributed by atoms with E-state index < -0.39 is 0 Å². The molecule has 0 unspecified atom stereocenters. The molecule has 17 heavy (non-hydrogen) atoms. The van der Waals surface area contributed by atoms with E-state index in [1.54, 1.807) is 6.20 Å². The van der Waals surface area contributed by atoms with Crippen LogP contribution >= 0.6 is 15.9 Å². The molecule has 4 nitrogen and oxygen atoms in total. The smallest absolute Gasteiger partial charge is 0.160 e. The molecule has 0 aromatic carbocycles. The number of hydrogen-bond acceptors (Lipinski definition) is 3. The summed E-state index contributed by atoms with van der Waals surface area (Å²) < 4.78 is 2.90. The highest BCUT2D eigenvalue weighted by Crippen LogP contribution is 2.26. The minimum atomic E-state index is -0.0671. The molecule has 2 heterocycles. The van der Waals surface area contributed by atoms with Crippen LogP contribution in [0.4, 0.5) is 0 Å². The molecule has 0 fully saturated rings. The summed E-state index contributed by atoms with van der Waals surface area (Å²) in [6, 6.07) is 1.95. The van der Waals surface area contributed by atoms with E-state index in [2.05, 4.69) is 46.7 Å². The van der Waals surface area contributed by atoms with Crippen molar-refractivity contribution in [1.82, 2.24) is 14.5 Å². The minimum absolute atomic E-state index is 0.0671. The highest BCUT2D eigenvalue weighted by atomic mass is 79.9. The number of aromatic nitrogens is 3. The Morgan fingerprint density at radius 3 is 2.71 bits per heavy atom. The third-order valence-electron chi connectivity index (χ3n) is 2.55. The van der Waals surface area contributed by atoms with E-state index in [1.165, 1.54) is 0 Å². The molecule has 5 heteroatoms. The van der Waals surface area contributed by atoms with Gasteiger partial charge in [-0.2, -0.15) is 0 Å². The topological polar surface area (TPSA) is 50.9 Å². The molecule has 0 aliphatic rings. The average Bonchev–Trinajstić information content (AvgIpc) is 2.56. The molecule has 92 valence electrons. The van der Waals surface area contributed by atoms with Crippen LogP contribution in [-0.4, -0.2) is 26.2 Å². The highest BCUT2D eigenvalue weighted by molar-refractivity contribution is 9.10. The first-order valence-electron chi connectivity index (χ1n) is 5.56. The Morgan fingerprint density at radius 1 is 1.41 bits per heavy atom. The molecule has 2 aromatic rings. The highest BCUT2D eigenvalue weighted by Gasteiger charge is 2.23. The van der Waals surface area contributed by atoms with E-state index in [0.717, 1.165) is 21.5 Å². The molecule has 0 aliphatic carbocycles. The van der Waals surface area contributed by atoms with Gasteiger partial charge >= 0.3 is 0 Å². The number of halogens is 1. The average molecular weight is 298 g/mol. The molecule has 2 aromatic heterocycles. The molecule has 0 radical (unpaired) electrons. The third-order valence-corrected chi connectivity index (χ3v) is 2.98. The van der Waals surface area contributed by atoms with Gasteiger partial charge in [-0.1, -0.05) is 20.8 Å². The molecule has 0 saturated heterocycles. The van der Waals surface area contributed by atoms with Gasteiger partial charge in [0.05, 0.1) is 6.61 Å². The van der Waals surface area contributed by atoms with Crippen LogP contribution in [0.1, 0.15) is 26.6 Å². The van der Waals surface area contributed by atoms with E-state index in [0.29, 0.717) is 6.54 Å². The Hall–Kier alpha value is -0.940. The van der Waals surface area contributed by atoms with Crippen molar-refractivity contribution in [1.29, 1.82) is 0 Å². The van der Waals surface area contributed by atoms with Gasteiger partial charge in [0.2, 0.25) is 0 Å². The third kappa shape index (κ3) is 2.35. The molecular formula is C12H16BrN3O. The predicted octanol–water partition coefficient (Wildman–Crippen LogP) is 2.48. The van der Waals surface area contributed by atoms with Gasteiger partial charge in [0.15, 0.2) is 5.65 Å². The van der Waals surface area contributed by atoms with Gasteiger partial charge < -0.3 is 9.67 Å². The summed E-state index contributed by atoms with van der Waals surface area (Å²) in [5.74, 6) is 0.951. The second-order valence-electron chi connectivity index (χ2n) is 5.06. The second-order valence-corrected chi connectivity index (χ2v) is 5.97. The van der Waals surface area contributed by atoms with Crippen molar-refractivity contribution in [3.05, 3.63) is 22.6 Å². The summed E-state index contributed by atoms with van der Waals surface area (Å²) in [6.45, 7) is 6.94. The Balaban J connectivity index is 2.70. The Morgan fingerprint density at radius 2 is 2.12 bits per heavy atom. The van der Waals surface area contributed by atoms with Gasteiger partial charge in [0.1, 0.15) is 11.3 Å². The number of imidazole rings is 1. The maximum atomic E-state index is 9.16. The van der Waals surface area contributed by atoms with E-state index in [-0.39, 0.29) is 12.0 Å². The van der Waals surface area contributed by atoms with Crippen LogP contribution in [0.5, 0.6) is 0 Å². The van der Waals surface area contributed by atoms with Crippen molar-refractivity contribution in [2.45, 2.75) is 32.7 Å². The summed E-state index contributed by atoms with van der Waals surface area (Å²) in [4.78, 5) is 9.00. The van der Waals surface area contributed by atoms with Crippen molar-refractivity contribution in [2.24, 2.45) is 0 Å². The first kappa shape index (κ1) is 12.5. The van der Waals surface area contributed by atoms with Gasteiger partial charge in [-0.15, -0.1) is 0 Å². The lowest BCUT2D eigenvalue weighted by Crippen LogP contribution is -2.20. The minimum Gasteiger partial charge on any atom is -0.395 e. The van der Waals surface area contributed by atoms with Crippen molar-refractivity contribution >= 4 is 27.1 Å². The van der Waals surface area contributed by atoms with Crippen LogP contribution in [0.3, 0.4) is 0 Å². The molecule has 1 N–H and O–H groups in total. The lowest BCUT2D eigenvalue weighted by molar-refractivity contribution is 0.273. The fourth-order valence-electron chi connectivity index (χ4n) is 1.87. The van der Waals surface area contributed by atoms with E-state index >= 15 is 0 Å². The summed E-state index contributed by atoms with van der Waals surface area (Å²) in [5, 5.41) is 9.16. The van der Waals surface area contributed by atoms with Gasteiger partial charge in [-0.3, -0.25) is 0 Å². The Labute approximate surface area is 109 Å². The van der Waals surface area contributed by atoms with Gasteiger partial charge in [0.25, 0.3) is 0 Å². The molecule has 2 rings (SSSR count). The number of pyridine rings is 1. The SMILES string of the molecule is CC(C)(C)c1nc2cc(Br)cnc2n1CCO.